The molecule has 1 unspecified atom stereocenters. The molecular weight excluding hydrogens is 283 g/mol. The number of nitrogens with zero attached hydrogens (tertiary/aromatic N) is 1. The maximum absolute atomic E-state index is 13.7. The Labute approximate surface area is 118 Å². The van der Waals surface area contributed by atoms with Gasteiger partial charge in [0.1, 0.15) is 5.82 Å². The summed E-state index contributed by atoms with van der Waals surface area (Å²) in [5, 5.41) is 0. The Balaban J connectivity index is 2.44. The summed E-state index contributed by atoms with van der Waals surface area (Å²) in [6.45, 7) is 4.41. The summed E-state index contributed by atoms with van der Waals surface area (Å²) < 4.78 is 45.8. The number of hydrogen-bond donors (Lipinski definition) is 1. The molecular formula is C13H19FN2O3S. The van der Waals surface area contributed by atoms with E-state index in [9.17, 15) is 12.8 Å². The second-order valence-corrected chi connectivity index (χ2v) is 6.93. The van der Waals surface area contributed by atoms with Crippen molar-refractivity contribution in [2.24, 2.45) is 0 Å². The summed E-state index contributed by atoms with van der Waals surface area (Å²) in [6, 6.07) is 2.44. The van der Waals surface area contributed by atoms with Gasteiger partial charge in [-0.1, -0.05) is 0 Å². The average Bonchev–Trinajstić information content (AvgIpc) is 2.58. The molecule has 1 aromatic carbocycles. The van der Waals surface area contributed by atoms with Gasteiger partial charge in [-0.25, -0.2) is 12.8 Å². The third-order valence-electron chi connectivity index (χ3n) is 3.35. The van der Waals surface area contributed by atoms with Crippen LogP contribution in [0.2, 0.25) is 0 Å². The predicted octanol–water partition coefficient (Wildman–Crippen LogP) is 1.52. The Bertz CT molecular complexity index is 604. The first-order valence-corrected chi connectivity index (χ1v) is 7.93. The van der Waals surface area contributed by atoms with E-state index >= 15 is 0 Å². The second-order valence-electron chi connectivity index (χ2n) is 5.02. The van der Waals surface area contributed by atoms with E-state index in [0.29, 0.717) is 19.6 Å². The predicted molar refractivity (Wildman–Crippen MR) is 74.3 cm³/mol. The fourth-order valence-corrected chi connectivity index (χ4v) is 4.08. The standard InChI is InChI=1S/C13H19FN2O3S/c1-9-8-16(4-3-5-19-9)20(17,18)13-7-11(15)6-12(14)10(13)2/h6-7,9H,3-5,8,15H2,1-2H3. The zero-order valence-electron chi connectivity index (χ0n) is 11.6. The molecule has 2 rings (SSSR count). The number of anilines is 1. The van der Waals surface area contributed by atoms with Gasteiger partial charge in [-0.15, -0.1) is 0 Å². The van der Waals surface area contributed by atoms with E-state index < -0.39 is 15.8 Å². The summed E-state index contributed by atoms with van der Waals surface area (Å²) in [5.74, 6) is -0.609. The SMILES string of the molecule is Cc1c(F)cc(N)cc1S(=O)(=O)N1CCCOC(C)C1. The van der Waals surface area contributed by atoms with Crippen LogP contribution in [0, 0.1) is 12.7 Å². The lowest BCUT2D eigenvalue weighted by Gasteiger charge is -2.23. The summed E-state index contributed by atoms with van der Waals surface area (Å²) >= 11 is 0. The molecule has 1 aliphatic rings. The van der Waals surface area contributed by atoms with Gasteiger partial charge in [0.05, 0.1) is 11.0 Å². The maximum atomic E-state index is 13.7. The van der Waals surface area contributed by atoms with Crippen LogP contribution in [0.4, 0.5) is 10.1 Å². The Morgan fingerprint density at radius 2 is 2.15 bits per heavy atom. The Morgan fingerprint density at radius 3 is 2.85 bits per heavy atom. The van der Waals surface area contributed by atoms with Crippen LogP contribution in [0.25, 0.3) is 0 Å². The lowest BCUT2D eigenvalue weighted by atomic mass is 10.2. The Morgan fingerprint density at radius 1 is 1.45 bits per heavy atom. The highest BCUT2D eigenvalue weighted by molar-refractivity contribution is 7.89. The van der Waals surface area contributed by atoms with Gasteiger partial charge in [0.25, 0.3) is 0 Å². The molecule has 0 spiro atoms. The van der Waals surface area contributed by atoms with Crippen molar-refractivity contribution in [2.75, 3.05) is 25.4 Å². The molecule has 0 bridgehead atoms. The van der Waals surface area contributed by atoms with Gasteiger partial charge < -0.3 is 10.5 Å². The van der Waals surface area contributed by atoms with Crippen molar-refractivity contribution in [1.82, 2.24) is 4.31 Å². The van der Waals surface area contributed by atoms with E-state index in [0.717, 1.165) is 6.07 Å². The molecule has 2 N–H and O–H groups in total. The van der Waals surface area contributed by atoms with Crippen molar-refractivity contribution in [2.45, 2.75) is 31.3 Å². The van der Waals surface area contributed by atoms with Crippen molar-refractivity contribution in [3.05, 3.63) is 23.5 Å². The molecule has 1 atom stereocenters. The molecule has 1 aromatic rings. The van der Waals surface area contributed by atoms with E-state index in [2.05, 4.69) is 0 Å². The number of nitrogen functional groups attached to an aromatic ring is 1. The molecule has 0 radical (unpaired) electrons. The van der Waals surface area contributed by atoms with Crippen molar-refractivity contribution in [3.8, 4) is 0 Å². The minimum absolute atomic E-state index is 0.0656. The zero-order valence-corrected chi connectivity index (χ0v) is 12.4. The summed E-state index contributed by atoms with van der Waals surface area (Å²) in [4.78, 5) is -0.0656. The van der Waals surface area contributed by atoms with Crippen molar-refractivity contribution >= 4 is 15.7 Å². The normalized spacial score (nSPS) is 21.6. The number of rotatable bonds is 2. The Hall–Kier alpha value is -1.18. The number of ether oxygens (including phenoxy) is 1. The first-order chi connectivity index (χ1) is 9.32. The average molecular weight is 302 g/mol. The van der Waals surface area contributed by atoms with Gasteiger partial charge in [-0.05, 0) is 32.4 Å². The molecule has 20 heavy (non-hydrogen) atoms. The summed E-state index contributed by atoms with van der Waals surface area (Å²) in [5.41, 5.74) is 5.76. The maximum Gasteiger partial charge on any atom is 0.243 e. The largest absolute Gasteiger partial charge is 0.399 e. The third kappa shape index (κ3) is 2.94. The van der Waals surface area contributed by atoms with Crippen LogP contribution >= 0.6 is 0 Å². The van der Waals surface area contributed by atoms with Crippen LogP contribution in [-0.2, 0) is 14.8 Å². The van der Waals surface area contributed by atoms with E-state index in [4.69, 9.17) is 10.5 Å². The molecule has 1 aliphatic heterocycles. The molecule has 5 nitrogen and oxygen atoms in total. The van der Waals surface area contributed by atoms with Crippen LogP contribution < -0.4 is 5.73 Å². The van der Waals surface area contributed by atoms with Gasteiger partial charge in [0, 0.05) is 30.9 Å². The quantitative estimate of drug-likeness (QED) is 0.841. The molecule has 0 amide bonds. The molecule has 1 heterocycles. The fourth-order valence-electron chi connectivity index (χ4n) is 2.26. The topological polar surface area (TPSA) is 72.6 Å². The molecule has 112 valence electrons. The minimum Gasteiger partial charge on any atom is -0.399 e. The number of hydrogen-bond acceptors (Lipinski definition) is 4. The highest BCUT2D eigenvalue weighted by Gasteiger charge is 2.30. The van der Waals surface area contributed by atoms with Gasteiger partial charge in [0.15, 0.2) is 0 Å². The van der Waals surface area contributed by atoms with E-state index in [1.165, 1.54) is 17.3 Å². The van der Waals surface area contributed by atoms with E-state index in [1.54, 1.807) is 0 Å². The summed E-state index contributed by atoms with van der Waals surface area (Å²) in [6.07, 6.45) is 0.437. The monoisotopic (exact) mass is 302 g/mol. The van der Waals surface area contributed by atoms with E-state index in [-0.39, 0.29) is 28.8 Å². The lowest BCUT2D eigenvalue weighted by Crippen LogP contribution is -2.36. The highest BCUT2D eigenvalue weighted by atomic mass is 32.2. The molecule has 7 heteroatoms. The number of sulfonamides is 1. The van der Waals surface area contributed by atoms with Crippen LogP contribution in [0.15, 0.2) is 17.0 Å². The van der Waals surface area contributed by atoms with Crippen LogP contribution in [0.3, 0.4) is 0 Å². The van der Waals surface area contributed by atoms with Gasteiger partial charge in [-0.2, -0.15) is 4.31 Å². The molecule has 0 aromatic heterocycles. The molecule has 0 saturated carbocycles. The van der Waals surface area contributed by atoms with Gasteiger partial charge >= 0.3 is 0 Å². The van der Waals surface area contributed by atoms with Crippen molar-refractivity contribution in [1.29, 1.82) is 0 Å². The number of halogens is 1. The number of benzene rings is 1. The molecule has 0 aliphatic carbocycles. The minimum atomic E-state index is -3.76. The van der Waals surface area contributed by atoms with E-state index in [1.807, 2.05) is 6.92 Å². The molecule has 1 saturated heterocycles. The summed E-state index contributed by atoms with van der Waals surface area (Å²) in [7, 11) is -3.76. The van der Waals surface area contributed by atoms with Crippen molar-refractivity contribution < 1.29 is 17.5 Å². The highest BCUT2D eigenvalue weighted by Crippen LogP contribution is 2.26. The lowest BCUT2D eigenvalue weighted by molar-refractivity contribution is 0.0752. The van der Waals surface area contributed by atoms with Gasteiger partial charge in [0.2, 0.25) is 10.0 Å². The Kier molecular flexibility index (Phi) is 4.31. The molecule has 1 fully saturated rings. The fraction of sp³-hybridized carbons (Fsp3) is 0.538. The first-order valence-electron chi connectivity index (χ1n) is 6.49. The van der Waals surface area contributed by atoms with Gasteiger partial charge in [-0.3, -0.25) is 0 Å². The van der Waals surface area contributed by atoms with Crippen LogP contribution in [0.5, 0.6) is 0 Å². The third-order valence-corrected chi connectivity index (χ3v) is 5.34. The number of nitrogens with two attached hydrogens (primary N) is 1. The first kappa shape index (κ1) is 15.2. The second kappa shape index (κ2) is 5.67. The van der Waals surface area contributed by atoms with Crippen LogP contribution in [0.1, 0.15) is 18.9 Å². The van der Waals surface area contributed by atoms with Crippen molar-refractivity contribution in [3.63, 3.8) is 0 Å². The zero-order chi connectivity index (χ0) is 14.9. The smallest absolute Gasteiger partial charge is 0.243 e. The van der Waals surface area contributed by atoms with Crippen LogP contribution in [-0.4, -0.2) is 38.5 Å².